The van der Waals surface area contributed by atoms with Crippen molar-refractivity contribution in [2.45, 2.75) is 13.0 Å². The first-order valence-corrected chi connectivity index (χ1v) is 10.2. The number of aromatic nitrogens is 1. The number of fused-ring (bicyclic) bond motifs is 1. The summed E-state index contributed by atoms with van der Waals surface area (Å²) < 4.78 is 20.9. The molecule has 3 aromatic rings. The van der Waals surface area contributed by atoms with Gasteiger partial charge in [0.25, 0.3) is 5.56 Å². The van der Waals surface area contributed by atoms with Gasteiger partial charge in [-0.25, -0.2) is 14.2 Å². The Balaban J connectivity index is 2.01. The third-order valence-electron chi connectivity index (χ3n) is 4.82. The molecule has 0 spiro atoms. The van der Waals surface area contributed by atoms with E-state index in [4.69, 9.17) is 16.3 Å². The molecule has 1 aliphatic heterocycles. The van der Waals surface area contributed by atoms with Crippen LogP contribution in [0.3, 0.4) is 0 Å². The van der Waals surface area contributed by atoms with E-state index in [1.54, 1.807) is 13.0 Å². The first-order chi connectivity index (χ1) is 14.4. The molecule has 5 nitrogen and oxygen atoms in total. The molecule has 0 aliphatic carbocycles. The van der Waals surface area contributed by atoms with Crippen molar-refractivity contribution in [1.82, 2.24) is 4.57 Å². The Morgan fingerprint density at radius 3 is 2.63 bits per heavy atom. The van der Waals surface area contributed by atoms with Gasteiger partial charge in [-0.3, -0.25) is 9.36 Å². The van der Waals surface area contributed by atoms with Crippen LogP contribution in [0.5, 0.6) is 0 Å². The number of carbonyl (C=O) groups excluding carboxylic acids is 1. The number of allylic oxidation sites excluding steroid dienone is 1. The van der Waals surface area contributed by atoms with Gasteiger partial charge in [-0.15, -0.1) is 0 Å². The van der Waals surface area contributed by atoms with Crippen LogP contribution in [0, 0.1) is 5.82 Å². The van der Waals surface area contributed by atoms with Crippen LogP contribution < -0.4 is 14.9 Å². The Morgan fingerprint density at radius 2 is 1.97 bits per heavy atom. The Hall–Kier alpha value is -3.03. The first-order valence-electron chi connectivity index (χ1n) is 9.02. The van der Waals surface area contributed by atoms with Crippen molar-refractivity contribution in [1.29, 1.82) is 0 Å². The number of hydrogen-bond acceptors (Lipinski definition) is 5. The summed E-state index contributed by atoms with van der Waals surface area (Å²) in [5.74, 6) is -1.09. The highest BCUT2D eigenvalue weighted by Gasteiger charge is 2.32. The van der Waals surface area contributed by atoms with Gasteiger partial charge in [-0.2, -0.15) is 0 Å². The maximum atomic E-state index is 14.3. The summed E-state index contributed by atoms with van der Waals surface area (Å²) in [6, 6.07) is 12.8. The zero-order valence-electron chi connectivity index (χ0n) is 16.1. The number of ether oxygens (including phenoxy) is 1. The van der Waals surface area contributed by atoms with E-state index in [1.165, 1.54) is 29.9 Å². The lowest BCUT2D eigenvalue weighted by atomic mass is 9.96. The number of thiazole rings is 1. The molecule has 0 saturated heterocycles. The lowest BCUT2D eigenvalue weighted by Gasteiger charge is -2.24. The van der Waals surface area contributed by atoms with E-state index in [9.17, 15) is 14.0 Å². The quantitative estimate of drug-likeness (QED) is 0.585. The summed E-state index contributed by atoms with van der Waals surface area (Å²) in [4.78, 5) is 30.7. The molecule has 1 aromatic heterocycles. The number of esters is 1. The highest BCUT2D eigenvalue weighted by molar-refractivity contribution is 7.07. The van der Waals surface area contributed by atoms with Crippen LogP contribution >= 0.6 is 22.9 Å². The first kappa shape index (κ1) is 20.3. The van der Waals surface area contributed by atoms with Gasteiger partial charge in [0.1, 0.15) is 5.82 Å². The molecule has 8 heteroatoms. The predicted molar refractivity (Wildman–Crippen MR) is 114 cm³/mol. The van der Waals surface area contributed by atoms with E-state index in [0.717, 1.165) is 16.9 Å². The van der Waals surface area contributed by atoms with E-state index in [1.807, 2.05) is 30.3 Å². The molecule has 0 fully saturated rings. The number of hydrogen-bond donors (Lipinski definition) is 0. The maximum Gasteiger partial charge on any atom is 0.338 e. The third kappa shape index (κ3) is 3.40. The average molecular weight is 443 g/mol. The predicted octanol–water partition coefficient (Wildman–Crippen LogP) is 3.20. The molecular formula is C22H16ClFN2O3S. The summed E-state index contributed by atoms with van der Waals surface area (Å²) in [5.41, 5.74) is 1.23. The van der Waals surface area contributed by atoms with Crippen LogP contribution in [0.25, 0.3) is 6.08 Å². The molecule has 30 heavy (non-hydrogen) atoms. The van der Waals surface area contributed by atoms with Crippen LogP contribution in [0.1, 0.15) is 24.1 Å². The summed E-state index contributed by atoms with van der Waals surface area (Å²) in [5, 5.41) is 0.201. The summed E-state index contributed by atoms with van der Waals surface area (Å²) >= 11 is 7.24. The van der Waals surface area contributed by atoms with E-state index in [-0.39, 0.29) is 26.3 Å². The van der Waals surface area contributed by atoms with Gasteiger partial charge < -0.3 is 4.74 Å². The number of halogens is 2. The Kier molecular flexibility index (Phi) is 5.40. The minimum atomic E-state index is -0.701. The fourth-order valence-corrected chi connectivity index (χ4v) is 4.67. The van der Waals surface area contributed by atoms with Crippen molar-refractivity contribution in [3.8, 4) is 0 Å². The van der Waals surface area contributed by atoms with Gasteiger partial charge in [0.15, 0.2) is 4.80 Å². The molecule has 1 aliphatic rings. The van der Waals surface area contributed by atoms with Crippen LogP contribution in [0.15, 0.2) is 69.6 Å². The van der Waals surface area contributed by atoms with Crippen LogP contribution in [-0.2, 0) is 9.53 Å². The van der Waals surface area contributed by atoms with E-state index in [2.05, 4.69) is 4.99 Å². The number of methoxy groups -OCH3 is 1. The highest BCUT2D eigenvalue weighted by Crippen LogP contribution is 2.30. The molecule has 1 atom stereocenters. The van der Waals surface area contributed by atoms with E-state index in [0.29, 0.717) is 10.5 Å². The highest BCUT2D eigenvalue weighted by atomic mass is 35.5. The standard InChI is InChI=1S/C22H16ClFN2O3S/c1-12-18(21(28)29-2)19(13-7-4-3-5-8-13)26-20(27)17(30-22(26)25-12)11-14-15(23)9-6-10-16(14)24/h3-11,19H,1-2H3/b17-11+/t19-/m0/s1. The molecule has 0 saturated carbocycles. The number of benzene rings is 2. The monoisotopic (exact) mass is 442 g/mol. The maximum absolute atomic E-state index is 14.3. The van der Waals surface area contributed by atoms with Crippen molar-refractivity contribution in [3.63, 3.8) is 0 Å². The average Bonchev–Trinajstić information content (AvgIpc) is 3.04. The smallest absolute Gasteiger partial charge is 0.338 e. The summed E-state index contributed by atoms with van der Waals surface area (Å²) in [6.07, 6.45) is 1.42. The van der Waals surface area contributed by atoms with Crippen LogP contribution in [0.2, 0.25) is 5.02 Å². The molecule has 4 rings (SSSR count). The Morgan fingerprint density at radius 1 is 1.23 bits per heavy atom. The lowest BCUT2D eigenvalue weighted by molar-refractivity contribution is -0.136. The fourth-order valence-electron chi connectivity index (χ4n) is 3.42. The Bertz CT molecular complexity index is 1340. The minimum absolute atomic E-state index is 0.129. The van der Waals surface area contributed by atoms with Gasteiger partial charge >= 0.3 is 5.97 Å². The van der Waals surface area contributed by atoms with Gasteiger partial charge in [-0.05, 0) is 30.7 Å². The van der Waals surface area contributed by atoms with Crippen LogP contribution in [-0.4, -0.2) is 17.6 Å². The molecule has 0 amide bonds. The minimum Gasteiger partial charge on any atom is -0.466 e. The zero-order chi connectivity index (χ0) is 21.4. The van der Waals surface area contributed by atoms with Crippen molar-refractivity contribution >= 4 is 35.0 Å². The van der Waals surface area contributed by atoms with Gasteiger partial charge in [0.2, 0.25) is 0 Å². The second kappa shape index (κ2) is 8.01. The van der Waals surface area contributed by atoms with Crippen molar-refractivity contribution in [2.75, 3.05) is 7.11 Å². The summed E-state index contributed by atoms with van der Waals surface area (Å²) in [6.45, 7) is 1.70. The summed E-state index contributed by atoms with van der Waals surface area (Å²) in [7, 11) is 1.29. The molecule has 0 N–H and O–H groups in total. The second-order valence-electron chi connectivity index (χ2n) is 6.62. The topological polar surface area (TPSA) is 60.7 Å². The second-order valence-corrected chi connectivity index (χ2v) is 8.04. The molecular weight excluding hydrogens is 427 g/mol. The van der Waals surface area contributed by atoms with Crippen molar-refractivity contribution in [2.24, 2.45) is 4.99 Å². The van der Waals surface area contributed by atoms with Gasteiger partial charge in [0.05, 0.1) is 34.0 Å². The van der Waals surface area contributed by atoms with Gasteiger partial charge in [0, 0.05) is 5.56 Å². The SMILES string of the molecule is COC(=O)C1=C(C)N=c2s/c(=C/c3c(F)cccc3Cl)c(=O)n2[C@H]1c1ccccc1. The zero-order valence-corrected chi connectivity index (χ0v) is 17.6. The largest absolute Gasteiger partial charge is 0.466 e. The van der Waals surface area contributed by atoms with E-state index < -0.39 is 17.8 Å². The molecule has 2 heterocycles. The normalized spacial score (nSPS) is 16.3. The van der Waals surface area contributed by atoms with Crippen molar-refractivity contribution in [3.05, 3.63) is 101 Å². The van der Waals surface area contributed by atoms with Crippen LogP contribution in [0.4, 0.5) is 4.39 Å². The lowest BCUT2D eigenvalue weighted by Crippen LogP contribution is -2.39. The molecule has 0 bridgehead atoms. The van der Waals surface area contributed by atoms with Gasteiger partial charge in [-0.1, -0.05) is 59.3 Å². The Labute approximate surface area is 180 Å². The number of nitrogens with zero attached hydrogens (tertiary/aromatic N) is 2. The molecule has 0 radical (unpaired) electrons. The molecule has 2 aromatic carbocycles. The number of rotatable bonds is 3. The molecule has 152 valence electrons. The van der Waals surface area contributed by atoms with Crippen molar-refractivity contribution < 1.29 is 13.9 Å². The number of carbonyl (C=O) groups is 1. The third-order valence-corrected chi connectivity index (χ3v) is 6.13. The fraction of sp³-hybridized carbons (Fsp3) is 0.136. The van der Waals surface area contributed by atoms with E-state index >= 15 is 0 Å². The molecule has 0 unspecified atom stereocenters.